The molecule has 2 aromatic carbocycles. The van der Waals surface area contributed by atoms with Crippen LogP contribution >= 0.6 is 23.2 Å². The van der Waals surface area contributed by atoms with Gasteiger partial charge in [-0.1, -0.05) is 35.3 Å². The van der Waals surface area contributed by atoms with Crippen molar-refractivity contribution in [2.45, 2.75) is 39.7 Å². The number of alkyl carbamates (subject to hydrolysis) is 1. The van der Waals surface area contributed by atoms with Gasteiger partial charge in [0.15, 0.2) is 0 Å². The number of anilines is 1. The lowest BCUT2D eigenvalue weighted by atomic mass is 10.1. The highest BCUT2D eigenvalue weighted by atomic mass is 35.5. The van der Waals surface area contributed by atoms with Crippen LogP contribution in [0.2, 0.25) is 10.0 Å². The highest BCUT2D eigenvalue weighted by Gasteiger charge is 2.20. The molecule has 196 valence electrons. The zero-order valence-electron chi connectivity index (χ0n) is 21.0. The quantitative estimate of drug-likeness (QED) is 0.225. The van der Waals surface area contributed by atoms with Crippen LogP contribution in [-0.2, 0) is 20.7 Å². The lowest BCUT2D eigenvalue weighted by Crippen LogP contribution is -2.33. The van der Waals surface area contributed by atoms with Gasteiger partial charge in [0.05, 0.1) is 11.6 Å². The lowest BCUT2D eigenvalue weighted by molar-refractivity contribution is -0.111. The summed E-state index contributed by atoms with van der Waals surface area (Å²) in [4.78, 5) is 39.8. The Morgan fingerprint density at radius 3 is 2.43 bits per heavy atom. The van der Waals surface area contributed by atoms with Gasteiger partial charge in [-0.25, -0.2) is 9.59 Å². The zero-order chi connectivity index (χ0) is 27.2. The fraction of sp³-hybridized carbons (Fsp3) is 0.296. The van der Waals surface area contributed by atoms with E-state index < -0.39 is 23.6 Å². The first kappa shape index (κ1) is 28.1. The van der Waals surface area contributed by atoms with Gasteiger partial charge in [-0.2, -0.15) is 0 Å². The van der Waals surface area contributed by atoms with Gasteiger partial charge < -0.3 is 25.1 Å². The molecule has 0 radical (unpaired) electrons. The summed E-state index contributed by atoms with van der Waals surface area (Å²) in [6.45, 7) is 7.74. The van der Waals surface area contributed by atoms with E-state index in [1.165, 1.54) is 12.2 Å². The Hall–Kier alpha value is -3.49. The van der Waals surface area contributed by atoms with Gasteiger partial charge in [0.2, 0.25) is 5.91 Å². The molecular formula is C27H29Cl2N3O5. The number of carbonyl (C=O) groups excluding carboxylic acids is 3. The van der Waals surface area contributed by atoms with E-state index >= 15 is 0 Å². The van der Waals surface area contributed by atoms with Crippen molar-refractivity contribution in [3.63, 3.8) is 0 Å². The molecule has 0 saturated heterocycles. The summed E-state index contributed by atoms with van der Waals surface area (Å²) in [5, 5.41) is 6.80. The summed E-state index contributed by atoms with van der Waals surface area (Å²) in [6.07, 6.45) is 2.97. The molecule has 0 saturated carbocycles. The molecule has 0 spiro atoms. The lowest BCUT2D eigenvalue weighted by Gasteiger charge is -2.19. The number of aromatic amines is 1. The third kappa shape index (κ3) is 8.00. The molecule has 3 rings (SSSR count). The van der Waals surface area contributed by atoms with Gasteiger partial charge >= 0.3 is 12.1 Å². The van der Waals surface area contributed by atoms with E-state index in [0.717, 1.165) is 5.56 Å². The molecule has 3 aromatic rings. The Bertz CT molecular complexity index is 1320. The molecule has 0 atom stereocenters. The van der Waals surface area contributed by atoms with E-state index in [1.54, 1.807) is 52.0 Å². The molecule has 0 aliphatic carbocycles. The Balaban J connectivity index is 1.66. The number of carbonyl (C=O) groups is 3. The Morgan fingerprint density at radius 1 is 1.08 bits per heavy atom. The number of nitrogens with one attached hydrogen (secondary N) is 3. The van der Waals surface area contributed by atoms with E-state index in [0.29, 0.717) is 45.2 Å². The Kier molecular flexibility index (Phi) is 9.23. The molecule has 0 bridgehead atoms. The number of rotatable bonds is 8. The number of esters is 1. The second-order valence-corrected chi connectivity index (χ2v) is 9.99. The van der Waals surface area contributed by atoms with Crippen LogP contribution in [-0.4, -0.2) is 41.7 Å². The van der Waals surface area contributed by atoms with Gasteiger partial charge in [0.25, 0.3) is 0 Å². The summed E-state index contributed by atoms with van der Waals surface area (Å²) in [5.74, 6) is -0.962. The van der Waals surface area contributed by atoms with E-state index in [9.17, 15) is 14.4 Å². The maximum Gasteiger partial charge on any atom is 0.407 e. The van der Waals surface area contributed by atoms with Gasteiger partial charge in [0, 0.05) is 39.8 Å². The number of H-pyrrole nitrogens is 1. The smallest absolute Gasteiger partial charge is 0.407 e. The van der Waals surface area contributed by atoms with Gasteiger partial charge in [-0.15, -0.1) is 0 Å². The Labute approximate surface area is 225 Å². The number of fused-ring (bicyclic) bond motifs is 1. The maximum atomic E-state index is 12.6. The van der Waals surface area contributed by atoms with Crippen molar-refractivity contribution >= 4 is 63.8 Å². The minimum absolute atomic E-state index is 0.175. The molecule has 10 heteroatoms. The average molecular weight is 546 g/mol. The molecule has 0 aliphatic heterocycles. The van der Waals surface area contributed by atoms with Crippen molar-refractivity contribution in [1.29, 1.82) is 0 Å². The molecule has 1 heterocycles. The van der Waals surface area contributed by atoms with Crippen LogP contribution in [0.15, 0.2) is 42.5 Å². The zero-order valence-corrected chi connectivity index (χ0v) is 22.5. The van der Waals surface area contributed by atoms with Crippen LogP contribution in [0, 0.1) is 0 Å². The number of aromatic nitrogens is 1. The first-order chi connectivity index (χ1) is 17.5. The fourth-order valence-electron chi connectivity index (χ4n) is 3.52. The topological polar surface area (TPSA) is 110 Å². The fourth-order valence-corrected chi connectivity index (χ4v) is 4.12. The molecule has 0 unspecified atom stereocenters. The second kappa shape index (κ2) is 12.2. The van der Waals surface area contributed by atoms with Crippen molar-refractivity contribution < 1.29 is 23.9 Å². The molecule has 0 fully saturated rings. The van der Waals surface area contributed by atoms with E-state index in [2.05, 4.69) is 15.6 Å². The van der Waals surface area contributed by atoms with E-state index in [1.807, 2.05) is 12.1 Å². The van der Waals surface area contributed by atoms with E-state index in [-0.39, 0.29) is 12.3 Å². The number of hydrogen-bond donors (Lipinski definition) is 3. The predicted octanol–water partition coefficient (Wildman–Crippen LogP) is 6.37. The van der Waals surface area contributed by atoms with Crippen LogP contribution in [0.5, 0.6) is 0 Å². The summed E-state index contributed by atoms with van der Waals surface area (Å²) in [5.41, 5.74) is 2.18. The number of halogens is 2. The third-order valence-electron chi connectivity index (χ3n) is 5.04. The highest BCUT2D eigenvalue weighted by Crippen LogP contribution is 2.33. The summed E-state index contributed by atoms with van der Waals surface area (Å²) in [6, 6.07) is 10.5. The molecule has 1 aromatic heterocycles. The van der Waals surface area contributed by atoms with Crippen molar-refractivity contribution in [2.75, 3.05) is 18.5 Å². The molecule has 2 amide bonds. The van der Waals surface area contributed by atoms with Gasteiger partial charge in [-0.3, -0.25) is 4.79 Å². The van der Waals surface area contributed by atoms with Crippen molar-refractivity contribution in [2.24, 2.45) is 0 Å². The largest absolute Gasteiger partial charge is 0.461 e. The highest BCUT2D eigenvalue weighted by molar-refractivity contribution is 6.39. The van der Waals surface area contributed by atoms with Crippen LogP contribution in [0.25, 0.3) is 17.0 Å². The van der Waals surface area contributed by atoms with Gasteiger partial charge in [-0.05, 0) is 70.0 Å². The SMILES string of the molecule is CCOC(=O)c1[nH]c2cc(Cl)cc(Cl)c2c1/C=C/C(=O)Nc1ccc(CCNC(=O)OC(C)(C)C)cc1. The molecular weight excluding hydrogens is 517 g/mol. The minimum Gasteiger partial charge on any atom is -0.461 e. The summed E-state index contributed by atoms with van der Waals surface area (Å²) >= 11 is 12.5. The summed E-state index contributed by atoms with van der Waals surface area (Å²) < 4.78 is 10.3. The average Bonchev–Trinajstić information content (AvgIpc) is 3.16. The number of ether oxygens (including phenoxy) is 2. The second-order valence-electron chi connectivity index (χ2n) is 9.14. The molecule has 8 nitrogen and oxygen atoms in total. The first-order valence-electron chi connectivity index (χ1n) is 11.7. The number of hydrogen-bond acceptors (Lipinski definition) is 5. The minimum atomic E-state index is -0.567. The van der Waals surface area contributed by atoms with Crippen molar-refractivity contribution in [3.05, 3.63) is 69.3 Å². The van der Waals surface area contributed by atoms with Crippen molar-refractivity contribution in [3.8, 4) is 0 Å². The maximum absolute atomic E-state index is 12.6. The molecule has 0 aliphatic rings. The normalized spacial score (nSPS) is 11.5. The summed E-state index contributed by atoms with van der Waals surface area (Å²) in [7, 11) is 0. The van der Waals surface area contributed by atoms with Gasteiger partial charge in [0.1, 0.15) is 11.3 Å². The Morgan fingerprint density at radius 2 is 1.78 bits per heavy atom. The molecule has 37 heavy (non-hydrogen) atoms. The monoisotopic (exact) mass is 545 g/mol. The van der Waals surface area contributed by atoms with Crippen LogP contribution < -0.4 is 10.6 Å². The molecule has 3 N–H and O–H groups in total. The predicted molar refractivity (Wildman–Crippen MR) is 146 cm³/mol. The number of amides is 2. The van der Waals surface area contributed by atoms with Crippen LogP contribution in [0.4, 0.5) is 10.5 Å². The van der Waals surface area contributed by atoms with Crippen LogP contribution in [0.1, 0.15) is 49.3 Å². The van der Waals surface area contributed by atoms with E-state index in [4.69, 9.17) is 32.7 Å². The third-order valence-corrected chi connectivity index (χ3v) is 5.55. The van der Waals surface area contributed by atoms with Crippen LogP contribution in [0.3, 0.4) is 0 Å². The standard InChI is InChI=1S/C27H29Cl2N3O5/c1-5-36-25(34)24-19(23-20(29)14-17(28)15-21(23)32-24)10-11-22(33)31-18-8-6-16(7-9-18)12-13-30-26(35)37-27(2,3)4/h6-11,14-15,32H,5,12-13H2,1-4H3,(H,30,35)(H,31,33)/b11-10+. The number of benzene rings is 2. The van der Waals surface area contributed by atoms with Crippen molar-refractivity contribution in [1.82, 2.24) is 10.3 Å². The first-order valence-corrected chi connectivity index (χ1v) is 12.4.